The van der Waals surface area contributed by atoms with Gasteiger partial charge >= 0.3 is 0 Å². The van der Waals surface area contributed by atoms with E-state index in [1.165, 1.54) is 12.4 Å². The maximum atomic E-state index is 11.9. The van der Waals surface area contributed by atoms with E-state index in [4.69, 9.17) is 9.47 Å². The molecule has 1 saturated heterocycles. The highest BCUT2D eigenvalue weighted by molar-refractivity contribution is 5.86. The normalized spacial score (nSPS) is 16.6. The molecule has 1 aliphatic heterocycles. The minimum absolute atomic E-state index is 0.0440. The minimum atomic E-state index is -0.317. The summed E-state index contributed by atoms with van der Waals surface area (Å²) in [5.41, 5.74) is 0.187. The van der Waals surface area contributed by atoms with E-state index in [9.17, 15) is 9.90 Å². The van der Waals surface area contributed by atoms with Crippen LogP contribution in [0.2, 0.25) is 0 Å². The fourth-order valence-corrected chi connectivity index (χ4v) is 2.20. The maximum absolute atomic E-state index is 11.9. The molecule has 1 aromatic heterocycles. The van der Waals surface area contributed by atoms with Crippen LogP contribution in [0, 0.1) is 0 Å². The lowest BCUT2D eigenvalue weighted by Crippen LogP contribution is -2.26. The van der Waals surface area contributed by atoms with Crippen molar-refractivity contribution in [2.45, 2.75) is 18.9 Å². The number of aromatic nitrogens is 2. The van der Waals surface area contributed by atoms with Gasteiger partial charge in [-0.25, -0.2) is 4.98 Å². The fourth-order valence-electron chi connectivity index (χ4n) is 2.20. The van der Waals surface area contributed by atoms with Gasteiger partial charge in [-0.3, -0.25) is 4.79 Å². The summed E-state index contributed by atoms with van der Waals surface area (Å²) >= 11 is 0. The third kappa shape index (κ3) is 2.26. The van der Waals surface area contributed by atoms with Crippen LogP contribution in [0.3, 0.4) is 0 Å². The molecular formula is C13H14N2O4. The maximum Gasteiger partial charge on any atom is 0.262 e. The molecule has 100 valence electrons. The summed E-state index contributed by atoms with van der Waals surface area (Å²) in [5, 5.41) is 10.2. The lowest BCUT2D eigenvalue weighted by Gasteiger charge is -2.24. The van der Waals surface area contributed by atoms with E-state index in [1.54, 1.807) is 6.07 Å². The molecule has 0 bridgehead atoms. The molecule has 0 amide bonds. The Hall–Kier alpha value is -2.08. The largest absolute Gasteiger partial charge is 0.504 e. The zero-order chi connectivity index (χ0) is 13.2. The molecule has 6 nitrogen and oxygen atoms in total. The Labute approximate surface area is 109 Å². The van der Waals surface area contributed by atoms with Gasteiger partial charge in [-0.1, -0.05) is 0 Å². The van der Waals surface area contributed by atoms with Crippen molar-refractivity contribution in [1.29, 1.82) is 0 Å². The van der Waals surface area contributed by atoms with Crippen molar-refractivity contribution in [3.8, 4) is 11.5 Å². The molecule has 1 aliphatic rings. The first-order valence-electron chi connectivity index (χ1n) is 6.19. The Bertz CT molecular complexity index is 647. The second kappa shape index (κ2) is 4.89. The van der Waals surface area contributed by atoms with Crippen LogP contribution in [0.25, 0.3) is 10.9 Å². The molecule has 0 atom stereocenters. The predicted molar refractivity (Wildman–Crippen MR) is 68.5 cm³/mol. The van der Waals surface area contributed by atoms with Crippen molar-refractivity contribution in [2.24, 2.45) is 0 Å². The smallest absolute Gasteiger partial charge is 0.262 e. The third-order valence-corrected chi connectivity index (χ3v) is 3.19. The molecule has 19 heavy (non-hydrogen) atoms. The summed E-state index contributed by atoms with van der Waals surface area (Å²) in [5.74, 6) is 0.163. The highest BCUT2D eigenvalue weighted by Crippen LogP contribution is 2.33. The topological polar surface area (TPSA) is 84.4 Å². The van der Waals surface area contributed by atoms with Crippen molar-refractivity contribution in [2.75, 3.05) is 13.2 Å². The molecule has 1 fully saturated rings. The molecule has 0 saturated carbocycles. The number of aromatic amines is 1. The Kier molecular flexibility index (Phi) is 3.08. The summed E-state index contributed by atoms with van der Waals surface area (Å²) in [6.45, 7) is 1.26. The number of nitrogens with one attached hydrogen (secondary N) is 1. The first-order chi connectivity index (χ1) is 9.25. The highest BCUT2D eigenvalue weighted by atomic mass is 16.5. The van der Waals surface area contributed by atoms with Crippen LogP contribution in [0.1, 0.15) is 12.8 Å². The molecule has 3 rings (SSSR count). The van der Waals surface area contributed by atoms with Crippen molar-refractivity contribution in [1.82, 2.24) is 9.97 Å². The average molecular weight is 262 g/mol. The molecule has 2 heterocycles. The lowest BCUT2D eigenvalue weighted by molar-refractivity contribution is 0.0252. The van der Waals surface area contributed by atoms with Gasteiger partial charge in [0.1, 0.15) is 11.5 Å². The van der Waals surface area contributed by atoms with E-state index in [0.29, 0.717) is 18.7 Å². The number of ether oxygens (including phenoxy) is 2. The Morgan fingerprint density at radius 1 is 1.37 bits per heavy atom. The SMILES string of the molecule is O=c1[nH]cnc2ccc(O)c(OC3CCOCC3)c12. The fraction of sp³-hybridized carbons (Fsp3) is 0.385. The van der Waals surface area contributed by atoms with E-state index in [-0.39, 0.29) is 28.5 Å². The van der Waals surface area contributed by atoms with E-state index >= 15 is 0 Å². The standard InChI is InChI=1S/C13H14N2O4/c16-10-2-1-9-11(13(17)15-7-14-9)12(10)19-8-3-5-18-6-4-8/h1-2,7-8,16H,3-6H2,(H,14,15,17). The number of hydrogen-bond acceptors (Lipinski definition) is 5. The molecule has 2 N–H and O–H groups in total. The van der Waals surface area contributed by atoms with E-state index in [1.807, 2.05) is 0 Å². The minimum Gasteiger partial charge on any atom is -0.504 e. The Balaban J connectivity index is 2.05. The lowest BCUT2D eigenvalue weighted by atomic mass is 10.1. The van der Waals surface area contributed by atoms with Gasteiger partial charge in [-0.2, -0.15) is 0 Å². The summed E-state index contributed by atoms with van der Waals surface area (Å²) in [6.07, 6.45) is 2.77. The van der Waals surface area contributed by atoms with Gasteiger partial charge < -0.3 is 19.6 Å². The molecular weight excluding hydrogens is 248 g/mol. The first-order valence-corrected chi connectivity index (χ1v) is 6.19. The Morgan fingerprint density at radius 2 is 2.16 bits per heavy atom. The van der Waals surface area contributed by atoms with Crippen LogP contribution < -0.4 is 10.3 Å². The zero-order valence-electron chi connectivity index (χ0n) is 10.3. The van der Waals surface area contributed by atoms with Gasteiger partial charge in [-0.15, -0.1) is 0 Å². The number of H-pyrrole nitrogens is 1. The number of fused-ring (bicyclic) bond motifs is 1. The van der Waals surface area contributed by atoms with Crippen LogP contribution in [-0.2, 0) is 4.74 Å². The second-order valence-electron chi connectivity index (χ2n) is 4.47. The highest BCUT2D eigenvalue weighted by Gasteiger charge is 2.20. The van der Waals surface area contributed by atoms with Gasteiger partial charge in [0, 0.05) is 12.8 Å². The van der Waals surface area contributed by atoms with Gasteiger partial charge in [0.25, 0.3) is 5.56 Å². The Morgan fingerprint density at radius 3 is 2.95 bits per heavy atom. The summed E-state index contributed by atoms with van der Waals surface area (Å²) in [4.78, 5) is 18.4. The predicted octanol–water partition coefficient (Wildman–Crippen LogP) is 1.19. The van der Waals surface area contributed by atoms with Gasteiger partial charge in [0.2, 0.25) is 0 Å². The van der Waals surface area contributed by atoms with Gasteiger partial charge in [0.05, 0.1) is 25.1 Å². The number of phenolic OH excluding ortho intramolecular Hbond substituents is 1. The molecule has 0 unspecified atom stereocenters. The van der Waals surface area contributed by atoms with Crippen LogP contribution in [-0.4, -0.2) is 34.4 Å². The van der Waals surface area contributed by atoms with Crippen molar-refractivity contribution in [3.63, 3.8) is 0 Å². The molecule has 0 radical (unpaired) electrons. The number of rotatable bonds is 2. The third-order valence-electron chi connectivity index (χ3n) is 3.19. The quantitative estimate of drug-likeness (QED) is 0.849. The molecule has 6 heteroatoms. The number of phenols is 1. The van der Waals surface area contributed by atoms with Crippen molar-refractivity contribution < 1.29 is 14.6 Å². The van der Waals surface area contributed by atoms with E-state index in [0.717, 1.165) is 12.8 Å². The number of benzene rings is 1. The second-order valence-corrected chi connectivity index (χ2v) is 4.47. The summed E-state index contributed by atoms with van der Waals surface area (Å²) < 4.78 is 11.0. The van der Waals surface area contributed by atoms with Crippen LogP contribution >= 0.6 is 0 Å². The summed E-state index contributed by atoms with van der Waals surface area (Å²) in [6, 6.07) is 3.08. The number of aromatic hydroxyl groups is 1. The van der Waals surface area contributed by atoms with Crippen LogP contribution in [0.5, 0.6) is 11.5 Å². The van der Waals surface area contributed by atoms with Gasteiger partial charge in [-0.05, 0) is 12.1 Å². The van der Waals surface area contributed by atoms with Crippen LogP contribution in [0.15, 0.2) is 23.3 Å². The monoisotopic (exact) mass is 262 g/mol. The average Bonchev–Trinajstić information content (AvgIpc) is 2.43. The van der Waals surface area contributed by atoms with Crippen molar-refractivity contribution in [3.05, 3.63) is 28.8 Å². The van der Waals surface area contributed by atoms with E-state index < -0.39 is 0 Å². The van der Waals surface area contributed by atoms with Crippen LogP contribution in [0.4, 0.5) is 0 Å². The zero-order valence-corrected chi connectivity index (χ0v) is 10.3. The molecule has 0 aliphatic carbocycles. The van der Waals surface area contributed by atoms with Crippen molar-refractivity contribution >= 4 is 10.9 Å². The first kappa shape index (κ1) is 12.0. The molecule has 0 spiro atoms. The molecule has 2 aromatic rings. The number of nitrogens with zero attached hydrogens (tertiary/aromatic N) is 1. The van der Waals surface area contributed by atoms with E-state index in [2.05, 4.69) is 9.97 Å². The number of hydrogen-bond donors (Lipinski definition) is 2. The van der Waals surface area contributed by atoms with Gasteiger partial charge in [0.15, 0.2) is 11.5 Å². The summed E-state index contributed by atoms with van der Waals surface area (Å²) in [7, 11) is 0. The molecule has 1 aromatic carbocycles.